The molecule has 0 radical (unpaired) electrons. The van der Waals surface area contributed by atoms with Gasteiger partial charge in [-0.15, -0.1) is 11.3 Å². The Morgan fingerprint density at radius 2 is 2.11 bits per heavy atom. The van der Waals surface area contributed by atoms with E-state index in [1.54, 1.807) is 12.1 Å². The number of nitrogens with one attached hydrogen (secondary N) is 1. The van der Waals surface area contributed by atoms with E-state index in [1.165, 1.54) is 17.4 Å². The molecule has 1 heterocycles. The van der Waals surface area contributed by atoms with Crippen LogP contribution < -0.4 is 5.32 Å². The van der Waals surface area contributed by atoms with Crippen LogP contribution in [-0.4, -0.2) is 11.1 Å². The number of anilines is 1. The molecule has 0 saturated heterocycles. The fraction of sp³-hybridized carbons (Fsp3) is 0.0833. The van der Waals surface area contributed by atoms with Gasteiger partial charge in [-0.2, -0.15) is 0 Å². The second-order valence-electron chi connectivity index (χ2n) is 3.69. The van der Waals surface area contributed by atoms with Crippen molar-refractivity contribution in [2.24, 2.45) is 0 Å². The summed E-state index contributed by atoms with van der Waals surface area (Å²) in [6, 6.07) is 6.73. The SMILES string of the molecule is O=C(O)c1cc(NCc2cc(Br)c(Cl)s2)ccc1Cl. The number of rotatable bonds is 4. The molecule has 1 aromatic carbocycles. The van der Waals surface area contributed by atoms with Crippen molar-refractivity contribution in [2.75, 3.05) is 5.32 Å². The summed E-state index contributed by atoms with van der Waals surface area (Å²) in [4.78, 5) is 12.0. The van der Waals surface area contributed by atoms with E-state index in [9.17, 15) is 4.79 Å². The molecule has 1 aromatic heterocycles. The monoisotopic (exact) mass is 379 g/mol. The molecule has 0 aliphatic carbocycles. The Morgan fingerprint density at radius 3 is 2.68 bits per heavy atom. The van der Waals surface area contributed by atoms with Gasteiger partial charge in [0.2, 0.25) is 0 Å². The highest BCUT2D eigenvalue weighted by molar-refractivity contribution is 9.10. The summed E-state index contributed by atoms with van der Waals surface area (Å²) < 4.78 is 1.55. The number of benzene rings is 1. The van der Waals surface area contributed by atoms with E-state index in [2.05, 4.69) is 21.2 Å². The van der Waals surface area contributed by atoms with E-state index in [1.807, 2.05) is 6.07 Å². The van der Waals surface area contributed by atoms with Crippen molar-refractivity contribution in [1.29, 1.82) is 0 Å². The summed E-state index contributed by atoms with van der Waals surface area (Å²) in [6.07, 6.45) is 0. The number of hydrogen-bond donors (Lipinski definition) is 2. The lowest BCUT2D eigenvalue weighted by atomic mass is 10.2. The van der Waals surface area contributed by atoms with E-state index < -0.39 is 5.97 Å². The van der Waals surface area contributed by atoms with Crippen LogP contribution in [0.15, 0.2) is 28.7 Å². The van der Waals surface area contributed by atoms with Crippen molar-refractivity contribution in [2.45, 2.75) is 6.54 Å². The molecule has 0 fully saturated rings. The molecule has 100 valence electrons. The van der Waals surface area contributed by atoms with E-state index in [4.69, 9.17) is 28.3 Å². The third-order valence-corrected chi connectivity index (χ3v) is 5.16. The minimum atomic E-state index is -1.05. The van der Waals surface area contributed by atoms with Crippen LogP contribution in [0, 0.1) is 0 Å². The summed E-state index contributed by atoms with van der Waals surface area (Å²) in [7, 11) is 0. The number of carbonyl (C=O) groups is 1. The molecule has 3 nitrogen and oxygen atoms in total. The maximum atomic E-state index is 11.0. The van der Waals surface area contributed by atoms with Crippen molar-refractivity contribution < 1.29 is 9.90 Å². The topological polar surface area (TPSA) is 49.3 Å². The average Bonchev–Trinajstić information content (AvgIpc) is 2.67. The maximum Gasteiger partial charge on any atom is 0.337 e. The van der Waals surface area contributed by atoms with Crippen LogP contribution in [0.4, 0.5) is 5.69 Å². The second-order valence-corrected chi connectivity index (χ2v) is 6.69. The lowest BCUT2D eigenvalue weighted by molar-refractivity contribution is 0.0697. The summed E-state index contributed by atoms with van der Waals surface area (Å²) in [6.45, 7) is 0.566. The van der Waals surface area contributed by atoms with Gasteiger partial charge in [-0.3, -0.25) is 0 Å². The highest BCUT2D eigenvalue weighted by Gasteiger charge is 2.10. The molecule has 0 aliphatic heterocycles. The quantitative estimate of drug-likeness (QED) is 0.773. The first-order valence-electron chi connectivity index (χ1n) is 5.18. The van der Waals surface area contributed by atoms with Crippen LogP contribution in [0.5, 0.6) is 0 Å². The van der Waals surface area contributed by atoms with Crippen molar-refractivity contribution in [3.8, 4) is 0 Å². The predicted molar refractivity (Wildman–Crippen MR) is 82.8 cm³/mol. The number of aromatic carboxylic acids is 1. The Morgan fingerprint density at radius 1 is 1.37 bits per heavy atom. The van der Waals surface area contributed by atoms with Crippen LogP contribution in [0.2, 0.25) is 9.36 Å². The molecule has 7 heteroatoms. The maximum absolute atomic E-state index is 11.0. The minimum Gasteiger partial charge on any atom is -0.478 e. The Hall–Kier alpha value is -0.750. The highest BCUT2D eigenvalue weighted by atomic mass is 79.9. The first kappa shape index (κ1) is 14.7. The van der Waals surface area contributed by atoms with Gasteiger partial charge >= 0.3 is 5.97 Å². The van der Waals surface area contributed by atoms with Crippen molar-refractivity contribution in [1.82, 2.24) is 0 Å². The van der Waals surface area contributed by atoms with Gasteiger partial charge < -0.3 is 10.4 Å². The normalized spacial score (nSPS) is 10.5. The van der Waals surface area contributed by atoms with Crippen LogP contribution in [0.3, 0.4) is 0 Å². The Balaban J connectivity index is 2.11. The van der Waals surface area contributed by atoms with E-state index in [-0.39, 0.29) is 10.6 Å². The second kappa shape index (κ2) is 6.13. The fourth-order valence-electron chi connectivity index (χ4n) is 1.47. The minimum absolute atomic E-state index is 0.0806. The van der Waals surface area contributed by atoms with Gasteiger partial charge in [-0.05, 0) is 40.2 Å². The summed E-state index contributed by atoms with van der Waals surface area (Å²) in [5, 5.41) is 12.3. The highest BCUT2D eigenvalue weighted by Crippen LogP contribution is 2.32. The first-order valence-corrected chi connectivity index (χ1v) is 7.54. The number of thiophene rings is 1. The third kappa shape index (κ3) is 3.63. The molecule has 2 rings (SSSR count). The molecular weight excluding hydrogens is 373 g/mol. The molecule has 0 saturated carbocycles. The van der Waals surface area contributed by atoms with Crippen LogP contribution in [0.25, 0.3) is 0 Å². The largest absolute Gasteiger partial charge is 0.478 e. The molecule has 2 aromatic rings. The Kier molecular flexibility index (Phi) is 4.73. The predicted octanol–water partition coefficient (Wildman–Crippen LogP) is 5.13. The average molecular weight is 381 g/mol. The Labute approximate surface area is 132 Å². The molecular formula is C12H8BrCl2NO2S. The van der Waals surface area contributed by atoms with Gasteiger partial charge in [0.1, 0.15) is 4.34 Å². The van der Waals surface area contributed by atoms with E-state index in [0.717, 1.165) is 9.35 Å². The molecule has 0 amide bonds. The molecule has 0 spiro atoms. The zero-order valence-electron chi connectivity index (χ0n) is 9.41. The van der Waals surface area contributed by atoms with Crippen molar-refractivity contribution in [3.05, 3.63) is 48.5 Å². The smallest absolute Gasteiger partial charge is 0.337 e. The van der Waals surface area contributed by atoms with Crippen LogP contribution in [0.1, 0.15) is 15.2 Å². The zero-order chi connectivity index (χ0) is 14.0. The lowest BCUT2D eigenvalue weighted by Crippen LogP contribution is -2.01. The summed E-state index contributed by atoms with van der Waals surface area (Å²) in [5.74, 6) is -1.05. The third-order valence-electron chi connectivity index (χ3n) is 2.36. The summed E-state index contributed by atoms with van der Waals surface area (Å²) >= 11 is 16.5. The Bertz CT molecular complexity index is 611. The van der Waals surface area contributed by atoms with Crippen molar-refractivity contribution >= 4 is 62.1 Å². The summed E-state index contributed by atoms with van der Waals surface area (Å²) in [5.41, 5.74) is 0.777. The van der Waals surface area contributed by atoms with Crippen LogP contribution in [-0.2, 0) is 6.54 Å². The van der Waals surface area contributed by atoms with Gasteiger partial charge in [0.15, 0.2) is 0 Å². The van der Waals surface area contributed by atoms with Gasteiger partial charge in [0.05, 0.1) is 10.6 Å². The van der Waals surface area contributed by atoms with E-state index in [0.29, 0.717) is 16.6 Å². The van der Waals surface area contributed by atoms with Gasteiger partial charge in [-0.1, -0.05) is 23.2 Å². The molecule has 0 bridgehead atoms. The molecule has 0 atom stereocenters. The van der Waals surface area contributed by atoms with Crippen molar-refractivity contribution in [3.63, 3.8) is 0 Å². The number of hydrogen-bond acceptors (Lipinski definition) is 3. The van der Waals surface area contributed by atoms with E-state index >= 15 is 0 Å². The van der Waals surface area contributed by atoms with Gasteiger partial charge in [-0.25, -0.2) is 4.79 Å². The number of carboxylic acid groups (broad SMARTS) is 1. The fourth-order valence-corrected chi connectivity index (χ4v) is 3.40. The number of halogens is 3. The number of carboxylic acids is 1. The molecule has 19 heavy (non-hydrogen) atoms. The molecule has 2 N–H and O–H groups in total. The van der Waals surface area contributed by atoms with Crippen LogP contribution >= 0.6 is 50.5 Å². The standard InChI is InChI=1S/C12H8BrCl2NO2S/c13-9-4-7(19-11(9)15)5-16-6-1-2-10(14)8(3-6)12(17)18/h1-4,16H,5H2,(H,17,18). The lowest BCUT2D eigenvalue weighted by Gasteiger charge is -2.06. The first-order chi connectivity index (χ1) is 8.97. The zero-order valence-corrected chi connectivity index (χ0v) is 13.3. The molecule has 0 unspecified atom stereocenters. The van der Waals surface area contributed by atoms with Gasteiger partial charge in [0, 0.05) is 21.6 Å². The van der Waals surface area contributed by atoms with Gasteiger partial charge in [0.25, 0.3) is 0 Å². The molecule has 0 aliphatic rings.